The van der Waals surface area contributed by atoms with Gasteiger partial charge in [0.2, 0.25) is 5.91 Å². The topological polar surface area (TPSA) is 89.3 Å². The first-order chi connectivity index (χ1) is 14.4. The number of pyridine rings is 1. The zero-order valence-corrected chi connectivity index (χ0v) is 16.8. The molecule has 0 spiro atoms. The molecule has 3 heterocycles. The van der Waals surface area contributed by atoms with E-state index in [-0.39, 0.29) is 32.0 Å². The number of nitriles is 1. The van der Waals surface area contributed by atoms with Gasteiger partial charge in [0.25, 0.3) is 11.8 Å². The molecule has 1 unspecified atom stereocenters. The van der Waals surface area contributed by atoms with Crippen molar-refractivity contribution in [2.75, 3.05) is 36.2 Å². The largest absolute Gasteiger partial charge is 0.365 e. The molecule has 1 aromatic carbocycles. The SMILES string of the molecule is N#CC1CSCN1C(=O)CNC(=O)c1ccnc2ccc(N3CCC(F)(F)C3)cc12. The van der Waals surface area contributed by atoms with Crippen LogP contribution < -0.4 is 10.2 Å². The van der Waals surface area contributed by atoms with Crippen LogP contribution in [0.15, 0.2) is 30.5 Å². The molecule has 2 aliphatic rings. The van der Waals surface area contributed by atoms with E-state index in [9.17, 15) is 18.4 Å². The predicted molar refractivity (Wildman–Crippen MR) is 109 cm³/mol. The molecule has 10 heteroatoms. The Morgan fingerprint density at radius 2 is 2.20 bits per heavy atom. The maximum atomic E-state index is 13.6. The Kier molecular flexibility index (Phi) is 5.47. The van der Waals surface area contributed by atoms with Gasteiger partial charge in [-0.05, 0) is 24.3 Å². The first-order valence-electron chi connectivity index (χ1n) is 9.44. The molecule has 0 bridgehead atoms. The fourth-order valence-corrected chi connectivity index (χ4v) is 4.74. The summed E-state index contributed by atoms with van der Waals surface area (Å²) >= 11 is 1.49. The maximum Gasteiger partial charge on any atom is 0.266 e. The predicted octanol–water partition coefficient (Wildman–Crippen LogP) is 2.24. The van der Waals surface area contributed by atoms with Gasteiger partial charge in [0.05, 0.1) is 36.1 Å². The summed E-state index contributed by atoms with van der Waals surface area (Å²) in [4.78, 5) is 32.4. The van der Waals surface area contributed by atoms with Crippen LogP contribution in [-0.4, -0.2) is 64.9 Å². The van der Waals surface area contributed by atoms with Gasteiger partial charge < -0.3 is 15.1 Å². The lowest BCUT2D eigenvalue weighted by Gasteiger charge is -2.20. The van der Waals surface area contributed by atoms with Crippen LogP contribution in [0.25, 0.3) is 10.9 Å². The number of nitrogens with one attached hydrogen (secondary N) is 1. The number of alkyl halides is 2. The number of hydrogen-bond donors (Lipinski definition) is 1. The minimum atomic E-state index is -2.72. The second-order valence-corrected chi connectivity index (χ2v) is 8.28. The fraction of sp³-hybridized carbons (Fsp3) is 0.400. The Morgan fingerprint density at radius 3 is 2.93 bits per heavy atom. The smallest absolute Gasteiger partial charge is 0.266 e. The van der Waals surface area contributed by atoms with Crippen LogP contribution in [0.4, 0.5) is 14.5 Å². The van der Waals surface area contributed by atoms with Crippen molar-refractivity contribution in [1.82, 2.24) is 15.2 Å². The van der Waals surface area contributed by atoms with Crippen LogP contribution in [0, 0.1) is 11.3 Å². The highest BCUT2D eigenvalue weighted by Crippen LogP contribution is 2.32. The summed E-state index contributed by atoms with van der Waals surface area (Å²) < 4.78 is 27.2. The fourth-order valence-electron chi connectivity index (χ4n) is 3.63. The van der Waals surface area contributed by atoms with Gasteiger partial charge in [0.1, 0.15) is 6.04 Å². The van der Waals surface area contributed by atoms with Gasteiger partial charge in [0, 0.05) is 36.0 Å². The Morgan fingerprint density at radius 1 is 1.37 bits per heavy atom. The maximum absolute atomic E-state index is 13.6. The van der Waals surface area contributed by atoms with E-state index in [1.807, 2.05) is 0 Å². The van der Waals surface area contributed by atoms with Crippen molar-refractivity contribution < 1.29 is 18.4 Å². The Labute approximate surface area is 176 Å². The normalized spacial score (nSPS) is 20.4. The summed E-state index contributed by atoms with van der Waals surface area (Å²) in [6, 6.07) is 8.23. The summed E-state index contributed by atoms with van der Waals surface area (Å²) in [6.07, 6.45) is 1.29. The third-order valence-electron chi connectivity index (χ3n) is 5.26. The molecule has 2 amide bonds. The minimum absolute atomic E-state index is 0.202. The molecule has 2 fully saturated rings. The van der Waals surface area contributed by atoms with Gasteiger partial charge in [-0.15, -0.1) is 11.8 Å². The number of benzene rings is 1. The molecule has 1 atom stereocenters. The number of anilines is 1. The van der Waals surface area contributed by atoms with Crippen LogP contribution in [-0.2, 0) is 4.79 Å². The zero-order valence-electron chi connectivity index (χ0n) is 16.0. The van der Waals surface area contributed by atoms with E-state index < -0.39 is 17.9 Å². The van der Waals surface area contributed by atoms with Gasteiger partial charge in [-0.1, -0.05) is 0 Å². The number of halogens is 2. The number of rotatable bonds is 4. The van der Waals surface area contributed by atoms with E-state index in [1.165, 1.54) is 28.9 Å². The molecule has 0 radical (unpaired) electrons. The number of carbonyl (C=O) groups is 2. The highest BCUT2D eigenvalue weighted by atomic mass is 32.2. The molecule has 30 heavy (non-hydrogen) atoms. The first kappa shape index (κ1) is 20.3. The number of hydrogen-bond acceptors (Lipinski definition) is 6. The Balaban J connectivity index is 1.51. The number of nitrogens with zero attached hydrogens (tertiary/aromatic N) is 4. The van der Waals surface area contributed by atoms with Gasteiger partial charge in [-0.3, -0.25) is 14.6 Å². The summed E-state index contributed by atoms with van der Waals surface area (Å²) in [5.74, 6) is -2.52. The van der Waals surface area contributed by atoms with E-state index >= 15 is 0 Å². The lowest BCUT2D eigenvalue weighted by Crippen LogP contribution is -2.42. The summed E-state index contributed by atoms with van der Waals surface area (Å²) in [7, 11) is 0. The zero-order chi connectivity index (χ0) is 21.3. The van der Waals surface area contributed by atoms with E-state index in [2.05, 4.69) is 16.4 Å². The van der Waals surface area contributed by atoms with Crippen molar-refractivity contribution in [3.8, 4) is 6.07 Å². The van der Waals surface area contributed by atoms with Gasteiger partial charge in [0.15, 0.2) is 0 Å². The quantitative estimate of drug-likeness (QED) is 0.799. The summed E-state index contributed by atoms with van der Waals surface area (Å²) in [6.45, 7) is -0.342. The molecule has 1 N–H and O–H groups in total. The molecule has 2 saturated heterocycles. The highest BCUT2D eigenvalue weighted by Gasteiger charge is 2.38. The Bertz CT molecular complexity index is 1040. The van der Waals surface area contributed by atoms with E-state index in [4.69, 9.17) is 5.26 Å². The van der Waals surface area contributed by atoms with Crippen LogP contribution >= 0.6 is 11.8 Å². The molecular weight excluding hydrogens is 412 g/mol. The van der Waals surface area contributed by atoms with Gasteiger partial charge in [-0.2, -0.15) is 5.26 Å². The molecule has 0 aliphatic carbocycles. The number of thioether (sulfide) groups is 1. The molecule has 2 aliphatic heterocycles. The Hall–Kier alpha value is -2.93. The highest BCUT2D eigenvalue weighted by molar-refractivity contribution is 7.99. The summed E-state index contributed by atoms with van der Waals surface area (Å²) in [5.41, 5.74) is 1.47. The number of carbonyl (C=O) groups excluding carboxylic acids is 2. The second kappa shape index (κ2) is 8.07. The van der Waals surface area contributed by atoms with Gasteiger partial charge >= 0.3 is 0 Å². The molecule has 156 valence electrons. The van der Waals surface area contributed by atoms with Crippen molar-refractivity contribution in [3.05, 3.63) is 36.0 Å². The van der Waals surface area contributed by atoms with Crippen LogP contribution in [0.3, 0.4) is 0 Å². The van der Waals surface area contributed by atoms with Crippen LogP contribution in [0.5, 0.6) is 0 Å². The monoisotopic (exact) mass is 431 g/mol. The molecule has 0 saturated carbocycles. The van der Waals surface area contributed by atoms with Crippen molar-refractivity contribution in [3.63, 3.8) is 0 Å². The van der Waals surface area contributed by atoms with Crippen molar-refractivity contribution in [2.24, 2.45) is 0 Å². The number of fused-ring (bicyclic) bond motifs is 1. The van der Waals surface area contributed by atoms with E-state index in [0.29, 0.717) is 33.8 Å². The van der Waals surface area contributed by atoms with E-state index in [0.717, 1.165) is 0 Å². The summed E-state index contributed by atoms with van der Waals surface area (Å²) in [5, 5.41) is 12.2. The van der Waals surface area contributed by atoms with Crippen molar-refractivity contribution >= 4 is 40.2 Å². The molecule has 4 rings (SSSR count). The minimum Gasteiger partial charge on any atom is -0.365 e. The van der Waals surface area contributed by atoms with E-state index in [1.54, 1.807) is 23.1 Å². The lowest BCUT2D eigenvalue weighted by molar-refractivity contribution is -0.129. The number of aromatic nitrogens is 1. The van der Waals surface area contributed by atoms with Crippen LogP contribution in [0.2, 0.25) is 0 Å². The number of amides is 2. The van der Waals surface area contributed by atoms with Crippen molar-refractivity contribution in [2.45, 2.75) is 18.4 Å². The second-order valence-electron chi connectivity index (χ2n) is 7.28. The average molecular weight is 431 g/mol. The molecule has 2 aromatic rings. The van der Waals surface area contributed by atoms with Crippen molar-refractivity contribution in [1.29, 1.82) is 5.26 Å². The van der Waals surface area contributed by atoms with Gasteiger partial charge in [-0.25, -0.2) is 8.78 Å². The molecule has 1 aromatic heterocycles. The molecule has 7 nitrogen and oxygen atoms in total. The first-order valence-corrected chi connectivity index (χ1v) is 10.6. The average Bonchev–Trinajstić information content (AvgIpc) is 3.36. The van der Waals surface area contributed by atoms with Crippen LogP contribution in [0.1, 0.15) is 16.8 Å². The molecular formula is C20H19F2N5O2S. The third-order valence-corrected chi connectivity index (χ3v) is 6.27. The standard InChI is InChI=1S/C20H19F2N5O2S/c21-20(22)4-6-26(11-20)13-1-2-17-16(7-13)15(3-5-24-17)19(29)25-9-18(28)27-12-30-10-14(27)8-23/h1-3,5,7,14H,4,6,9-12H2,(H,25,29). The third kappa shape index (κ3) is 4.03. The lowest BCUT2D eigenvalue weighted by atomic mass is 10.1.